The molecule has 2 amide bonds. The van der Waals surface area contributed by atoms with E-state index in [1.54, 1.807) is 14.1 Å². The van der Waals surface area contributed by atoms with Crippen LogP contribution in [-0.4, -0.2) is 45.9 Å². The topological polar surface area (TPSA) is 105 Å². The number of hydrogen-bond donors (Lipinski definition) is 3. The molecule has 0 fully saturated rings. The highest BCUT2D eigenvalue weighted by molar-refractivity contribution is 14.1. The largest absolute Gasteiger partial charge is 0.355 e. The molecule has 0 atom stereocenters. The molecule has 0 aliphatic carbocycles. The predicted molar refractivity (Wildman–Crippen MR) is 171 cm³/mol. The molecule has 3 N–H and O–H groups in total. The Morgan fingerprint density at radius 2 is 1.34 bits per heavy atom. The first-order valence-electron chi connectivity index (χ1n) is 12.6. The van der Waals surface area contributed by atoms with Crippen LogP contribution in [0.25, 0.3) is 27.6 Å². The Balaban J connectivity index is 1.31. The summed E-state index contributed by atoms with van der Waals surface area (Å²) in [5, 5.41) is 20.0. The number of carbonyl (C=O) groups is 2. The number of rotatable bonds is 7. The van der Waals surface area contributed by atoms with E-state index in [0.717, 1.165) is 45.1 Å². The zero-order chi connectivity index (χ0) is 28.5. The zero-order valence-corrected chi connectivity index (χ0v) is 25.7. The highest BCUT2D eigenvalue weighted by Crippen LogP contribution is 2.36. The van der Waals surface area contributed by atoms with E-state index in [1.165, 1.54) is 23.5 Å². The van der Waals surface area contributed by atoms with E-state index >= 15 is 0 Å². The van der Waals surface area contributed by atoms with Crippen LogP contribution in [0, 0.1) is 3.70 Å². The van der Waals surface area contributed by atoms with Crippen LogP contribution in [0.2, 0.25) is 0 Å². The Morgan fingerprint density at radius 3 is 1.95 bits per heavy atom. The highest BCUT2D eigenvalue weighted by Gasteiger charge is 2.18. The fraction of sp³-hybridized carbons (Fsp3) is 0.0667. The van der Waals surface area contributed by atoms with Crippen LogP contribution in [0.3, 0.4) is 0 Å². The lowest BCUT2D eigenvalue weighted by molar-refractivity contribution is 0.0952. The third-order valence-electron chi connectivity index (χ3n) is 6.47. The molecule has 8 nitrogen and oxygen atoms in total. The van der Waals surface area contributed by atoms with Gasteiger partial charge in [0, 0.05) is 44.4 Å². The van der Waals surface area contributed by atoms with Gasteiger partial charge in [0.1, 0.15) is 3.70 Å². The number of aromatic nitrogens is 4. The summed E-state index contributed by atoms with van der Waals surface area (Å²) in [4.78, 5) is 28.4. The maximum absolute atomic E-state index is 12.3. The molecule has 0 radical (unpaired) electrons. The molecule has 11 heteroatoms. The highest BCUT2D eigenvalue weighted by atomic mass is 127. The fourth-order valence-corrected chi connectivity index (χ4v) is 7.21. The minimum atomic E-state index is -0.115. The van der Waals surface area contributed by atoms with Crippen LogP contribution in [0.15, 0.2) is 105 Å². The van der Waals surface area contributed by atoms with E-state index < -0.39 is 0 Å². The third-order valence-corrected chi connectivity index (χ3v) is 9.64. The minimum Gasteiger partial charge on any atom is -0.355 e. The van der Waals surface area contributed by atoms with Crippen molar-refractivity contribution in [3.05, 3.63) is 99.8 Å². The first-order valence-corrected chi connectivity index (χ1v) is 15.3. The van der Waals surface area contributed by atoms with E-state index in [2.05, 4.69) is 49.5 Å². The molecule has 0 spiro atoms. The molecule has 0 unspecified atom stereocenters. The average Bonchev–Trinajstić information content (AvgIpc) is 3.56. The molecule has 6 aromatic rings. The Morgan fingerprint density at radius 1 is 0.780 bits per heavy atom. The van der Waals surface area contributed by atoms with Crippen LogP contribution >= 0.6 is 46.1 Å². The lowest BCUT2D eigenvalue weighted by Gasteiger charge is -2.08. The average molecular weight is 691 g/mol. The monoisotopic (exact) mass is 690 g/mol. The smallest absolute Gasteiger partial charge is 0.252 e. The number of nitrogens with zero attached hydrogens (tertiary/aromatic N) is 3. The van der Waals surface area contributed by atoms with Crippen molar-refractivity contribution in [1.82, 2.24) is 30.6 Å². The number of aromatic amines is 1. The van der Waals surface area contributed by atoms with E-state index in [0.29, 0.717) is 16.9 Å². The van der Waals surface area contributed by atoms with Crippen molar-refractivity contribution < 1.29 is 9.59 Å². The summed E-state index contributed by atoms with van der Waals surface area (Å²) in [5.41, 5.74) is 2.99. The Hall–Kier alpha value is -3.81. The summed E-state index contributed by atoms with van der Waals surface area (Å²) in [6, 6.07) is 27.3. The number of hydrogen-bond acceptors (Lipinski definition) is 6. The summed E-state index contributed by atoms with van der Waals surface area (Å²) < 4.78 is 2.80. The molecule has 2 aromatic heterocycles. The van der Waals surface area contributed by atoms with Gasteiger partial charge in [0.15, 0.2) is 5.82 Å². The van der Waals surface area contributed by atoms with Crippen LogP contribution in [0.5, 0.6) is 0 Å². The van der Waals surface area contributed by atoms with Crippen molar-refractivity contribution in [2.45, 2.75) is 19.6 Å². The molecule has 0 bridgehead atoms. The van der Waals surface area contributed by atoms with E-state index in [1.807, 2.05) is 83.5 Å². The summed E-state index contributed by atoms with van der Waals surface area (Å²) >= 11 is 5.37. The molecular formula is C30H23IN6O2S2. The number of halogens is 1. The SMILES string of the molecule is CNC(=O)c1ccccc1Sc1ccc2c(I)n(-c3n[nH]c4cc(Sc5ccccc5C(=O)NC)ccc34)nc2c1. The van der Waals surface area contributed by atoms with Gasteiger partial charge in [-0.3, -0.25) is 14.7 Å². The quantitative estimate of drug-likeness (QED) is 0.165. The Bertz CT molecular complexity index is 1950. The number of H-pyrrole nitrogens is 1. The Labute approximate surface area is 257 Å². The normalized spacial score (nSPS) is 11.2. The van der Waals surface area contributed by atoms with Gasteiger partial charge in [0.05, 0.1) is 22.2 Å². The minimum absolute atomic E-state index is 0.115. The van der Waals surface area contributed by atoms with Crippen LogP contribution < -0.4 is 10.6 Å². The van der Waals surface area contributed by atoms with Crippen LogP contribution in [0.1, 0.15) is 20.7 Å². The van der Waals surface area contributed by atoms with Gasteiger partial charge in [0.25, 0.3) is 11.8 Å². The van der Waals surface area contributed by atoms with Crippen LogP contribution in [0.4, 0.5) is 0 Å². The lowest BCUT2D eigenvalue weighted by Crippen LogP contribution is -2.18. The summed E-state index contributed by atoms with van der Waals surface area (Å²) in [5.74, 6) is 0.480. The second kappa shape index (κ2) is 11.6. The molecule has 41 heavy (non-hydrogen) atoms. The van der Waals surface area contributed by atoms with Gasteiger partial charge in [-0.2, -0.15) is 10.2 Å². The van der Waals surface area contributed by atoms with Crippen molar-refractivity contribution >= 4 is 79.7 Å². The van der Waals surface area contributed by atoms with Gasteiger partial charge in [-0.25, -0.2) is 4.68 Å². The maximum atomic E-state index is 12.3. The summed E-state index contributed by atoms with van der Waals surface area (Å²) in [6.45, 7) is 0. The molecule has 2 heterocycles. The van der Waals surface area contributed by atoms with Gasteiger partial charge < -0.3 is 10.6 Å². The van der Waals surface area contributed by atoms with Crippen molar-refractivity contribution in [3.63, 3.8) is 0 Å². The van der Waals surface area contributed by atoms with E-state index in [4.69, 9.17) is 5.10 Å². The van der Waals surface area contributed by atoms with Gasteiger partial charge in [-0.15, -0.1) is 0 Å². The van der Waals surface area contributed by atoms with Crippen molar-refractivity contribution in [2.24, 2.45) is 0 Å². The molecule has 6 rings (SSSR count). The molecular weight excluding hydrogens is 667 g/mol. The number of amides is 2. The molecule has 0 aliphatic rings. The fourth-order valence-electron chi connectivity index (χ4n) is 4.46. The number of benzene rings is 4. The molecule has 0 saturated carbocycles. The van der Waals surface area contributed by atoms with Gasteiger partial charge >= 0.3 is 0 Å². The predicted octanol–water partition coefficient (Wildman–Crippen LogP) is 6.53. The lowest BCUT2D eigenvalue weighted by atomic mass is 10.2. The molecule has 4 aromatic carbocycles. The van der Waals surface area contributed by atoms with Crippen molar-refractivity contribution in [1.29, 1.82) is 0 Å². The summed E-state index contributed by atoms with van der Waals surface area (Å²) in [7, 11) is 3.27. The maximum Gasteiger partial charge on any atom is 0.252 e. The Kier molecular flexibility index (Phi) is 7.73. The second-order valence-electron chi connectivity index (χ2n) is 8.99. The third kappa shape index (κ3) is 5.32. The van der Waals surface area contributed by atoms with E-state index in [9.17, 15) is 9.59 Å². The zero-order valence-electron chi connectivity index (χ0n) is 21.9. The molecule has 0 saturated heterocycles. The van der Waals surface area contributed by atoms with E-state index in [-0.39, 0.29) is 11.8 Å². The van der Waals surface area contributed by atoms with Crippen molar-refractivity contribution in [2.75, 3.05) is 14.1 Å². The molecule has 204 valence electrons. The first kappa shape index (κ1) is 27.4. The summed E-state index contributed by atoms with van der Waals surface area (Å²) in [6.07, 6.45) is 0. The number of nitrogens with one attached hydrogen (secondary N) is 3. The van der Waals surface area contributed by atoms with Gasteiger partial charge in [-0.1, -0.05) is 47.8 Å². The van der Waals surface area contributed by atoms with Crippen molar-refractivity contribution in [3.8, 4) is 5.82 Å². The number of carbonyl (C=O) groups excluding carboxylic acids is 2. The standard InChI is InChI=1S/C30H23IN6O2S2/c1-32-29(38)21-7-3-5-9-25(21)40-17-12-14-20-23(15-17)34-35-28(20)37-27(31)19-13-11-18(16-24(19)36-37)41-26-10-6-4-8-22(26)30(39)33-2/h3-16H,1-2H3,(H,32,38)(H,33,39)(H,34,35). The van der Waals surface area contributed by atoms with Gasteiger partial charge in [-0.05, 0) is 83.3 Å². The number of fused-ring (bicyclic) bond motifs is 2. The second-order valence-corrected chi connectivity index (χ2v) is 12.2. The molecule has 0 aliphatic heterocycles. The van der Waals surface area contributed by atoms with Crippen LogP contribution in [-0.2, 0) is 0 Å². The first-order chi connectivity index (χ1) is 20.0. The van der Waals surface area contributed by atoms with Gasteiger partial charge in [0.2, 0.25) is 0 Å².